The Labute approximate surface area is 120 Å². The van der Waals surface area contributed by atoms with Gasteiger partial charge in [-0.25, -0.2) is 9.97 Å². The molecule has 0 spiro atoms. The van der Waals surface area contributed by atoms with Crippen LogP contribution in [0.25, 0.3) is 0 Å². The van der Waals surface area contributed by atoms with E-state index in [1.807, 2.05) is 0 Å². The third kappa shape index (κ3) is 5.41. The van der Waals surface area contributed by atoms with Crippen molar-refractivity contribution >= 4 is 29.5 Å². The molecule has 8 nitrogen and oxygen atoms in total. The summed E-state index contributed by atoms with van der Waals surface area (Å²) in [4.78, 5) is 29.8. The fourth-order valence-electron chi connectivity index (χ4n) is 1.29. The SMILES string of the molecule is Cc1ncc(CSC[C@H](N)C(=O)NCC(=O)O)c(N)n1. The highest BCUT2D eigenvalue weighted by Crippen LogP contribution is 2.16. The van der Waals surface area contributed by atoms with Gasteiger partial charge in [-0.3, -0.25) is 9.59 Å². The first-order valence-corrected chi connectivity index (χ1v) is 6.96. The lowest BCUT2D eigenvalue weighted by Gasteiger charge is -2.11. The summed E-state index contributed by atoms with van der Waals surface area (Å²) in [5.74, 6) is 0.288. The van der Waals surface area contributed by atoms with E-state index in [0.717, 1.165) is 5.56 Å². The molecule has 20 heavy (non-hydrogen) atoms. The monoisotopic (exact) mass is 299 g/mol. The number of nitrogens with one attached hydrogen (secondary N) is 1. The summed E-state index contributed by atoms with van der Waals surface area (Å²) in [6.07, 6.45) is 1.64. The van der Waals surface area contributed by atoms with E-state index in [9.17, 15) is 9.59 Å². The first kappa shape index (κ1) is 16.2. The van der Waals surface area contributed by atoms with Crippen LogP contribution in [0, 0.1) is 6.92 Å². The molecule has 1 heterocycles. The maximum Gasteiger partial charge on any atom is 0.322 e. The molecule has 0 radical (unpaired) electrons. The topological polar surface area (TPSA) is 144 Å². The van der Waals surface area contributed by atoms with Crippen LogP contribution in [0.15, 0.2) is 6.20 Å². The van der Waals surface area contributed by atoms with E-state index in [-0.39, 0.29) is 0 Å². The quantitative estimate of drug-likeness (QED) is 0.508. The van der Waals surface area contributed by atoms with Gasteiger partial charge in [0.1, 0.15) is 18.2 Å². The number of nitrogens with two attached hydrogens (primary N) is 2. The largest absolute Gasteiger partial charge is 0.480 e. The van der Waals surface area contributed by atoms with Gasteiger partial charge in [0, 0.05) is 23.3 Å². The van der Waals surface area contributed by atoms with Gasteiger partial charge in [-0.1, -0.05) is 0 Å². The lowest BCUT2D eigenvalue weighted by atomic mass is 10.3. The van der Waals surface area contributed by atoms with Gasteiger partial charge in [-0.05, 0) is 6.92 Å². The van der Waals surface area contributed by atoms with Crippen LogP contribution in [0.2, 0.25) is 0 Å². The van der Waals surface area contributed by atoms with Crippen LogP contribution in [-0.4, -0.2) is 45.3 Å². The van der Waals surface area contributed by atoms with E-state index in [0.29, 0.717) is 23.1 Å². The number of hydrogen-bond acceptors (Lipinski definition) is 7. The molecular weight excluding hydrogens is 282 g/mol. The highest BCUT2D eigenvalue weighted by Gasteiger charge is 2.14. The van der Waals surface area contributed by atoms with Gasteiger partial charge in [0.2, 0.25) is 5.91 Å². The van der Waals surface area contributed by atoms with Crippen LogP contribution in [0.1, 0.15) is 11.4 Å². The van der Waals surface area contributed by atoms with E-state index < -0.39 is 24.5 Å². The van der Waals surface area contributed by atoms with Gasteiger partial charge in [0.05, 0.1) is 6.04 Å². The van der Waals surface area contributed by atoms with Crippen molar-refractivity contribution in [1.29, 1.82) is 0 Å². The number of carbonyl (C=O) groups is 2. The number of carboxylic acids is 1. The van der Waals surface area contributed by atoms with Gasteiger partial charge in [0.25, 0.3) is 0 Å². The zero-order valence-electron chi connectivity index (χ0n) is 11.0. The fourth-order valence-corrected chi connectivity index (χ4v) is 2.25. The third-order valence-electron chi connectivity index (χ3n) is 2.32. The number of hydrogen-bond donors (Lipinski definition) is 4. The Hall–Kier alpha value is -1.87. The first-order valence-electron chi connectivity index (χ1n) is 5.81. The van der Waals surface area contributed by atoms with Crippen LogP contribution in [0.3, 0.4) is 0 Å². The molecule has 0 aliphatic rings. The molecule has 6 N–H and O–H groups in total. The number of nitrogens with zero attached hydrogens (tertiary/aromatic N) is 2. The fraction of sp³-hybridized carbons (Fsp3) is 0.455. The number of aliphatic carboxylic acids is 1. The van der Waals surface area contributed by atoms with Gasteiger partial charge in [-0.15, -0.1) is 0 Å². The Kier molecular flexibility index (Phi) is 6.19. The molecule has 0 unspecified atom stereocenters. The number of carbonyl (C=O) groups excluding carboxylic acids is 1. The van der Waals surface area contributed by atoms with E-state index in [1.54, 1.807) is 13.1 Å². The minimum atomic E-state index is -1.11. The van der Waals surface area contributed by atoms with Crippen LogP contribution < -0.4 is 16.8 Å². The molecule has 0 saturated carbocycles. The van der Waals surface area contributed by atoms with E-state index in [2.05, 4.69) is 15.3 Å². The molecule has 1 amide bonds. The number of anilines is 1. The molecule has 110 valence electrons. The second-order valence-electron chi connectivity index (χ2n) is 4.06. The molecule has 0 saturated heterocycles. The highest BCUT2D eigenvalue weighted by molar-refractivity contribution is 7.98. The Morgan fingerprint density at radius 2 is 2.25 bits per heavy atom. The van der Waals surface area contributed by atoms with Crippen LogP contribution in [0.5, 0.6) is 0 Å². The second kappa shape index (κ2) is 7.65. The highest BCUT2D eigenvalue weighted by atomic mass is 32.2. The third-order valence-corrected chi connectivity index (χ3v) is 3.43. The Balaban J connectivity index is 2.36. The van der Waals surface area contributed by atoms with Crippen LogP contribution >= 0.6 is 11.8 Å². The molecule has 1 atom stereocenters. The predicted octanol–water partition coefficient (Wildman–Crippen LogP) is -0.871. The van der Waals surface area contributed by atoms with Crippen LogP contribution in [-0.2, 0) is 15.3 Å². The Morgan fingerprint density at radius 3 is 2.85 bits per heavy atom. The number of aryl methyl sites for hydroxylation is 1. The zero-order valence-corrected chi connectivity index (χ0v) is 11.8. The average Bonchev–Trinajstić information content (AvgIpc) is 2.38. The number of nitrogen functional groups attached to an aromatic ring is 1. The van der Waals surface area contributed by atoms with Crippen molar-refractivity contribution in [2.75, 3.05) is 18.0 Å². The van der Waals surface area contributed by atoms with E-state index in [1.165, 1.54) is 11.8 Å². The summed E-state index contributed by atoms with van der Waals surface area (Å²) in [6.45, 7) is 1.31. The molecule has 1 aromatic heterocycles. The first-order chi connectivity index (χ1) is 9.40. The van der Waals surface area contributed by atoms with Crippen LogP contribution in [0.4, 0.5) is 5.82 Å². The summed E-state index contributed by atoms with van der Waals surface area (Å²) >= 11 is 1.40. The second-order valence-corrected chi connectivity index (χ2v) is 5.09. The maximum atomic E-state index is 11.4. The smallest absolute Gasteiger partial charge is 0.322 e. The average molecular weight is 299 g/mol. The van der Waals surface area contributed by atoms with Crippen molar-refractivity contribution in [3.8, 4) is 0 Å². The molecule has 0 aliphatic heterocycles. The Bertz CT molecular complexity index is 497. The van der Waals surface area contributed by atoms with E-state index in [4.69, 9.17) is 16.6 Å². The number of carboxylic acid groups (broad SMARTS) is 1. The summed E-state index contributed by atoms with van der Waals surface area (Å²) in [5.41, 5.74) is 12.2. The molecular formula is C11H17N5O3S. The van der Waals surface area contributed by atoms with E-state index >= 15 is 0 Å². The predicted molar refractivity (Wildman–Crippen MR) is 76.0 cm³/mol. The van der Waals surface area contributed by atoms with Crippen molar-refractivity contribution in [3.63, 3.8) is 0 Å². The van der Waals surface area contributed by atoms with Crippen molar-refractivity contribution in [3.05, 3.63) is 17.6 Å². The zero-order chi connectivity index (χ0) is 15.1. The number of aromatic nitrogens is 2. The van der Waals surface area contributed by atoms with Crippen molar-refractivity contribution in [1.82, 2.24) is 15.3 Å². The molecule has 9 heteroatoms. The molecule has 0 fully saturated rings. The summed E-state index contributed by atoms with van der Waals surface area (Å²) in [5, 5.41) is 10.7. The van der Waals surface area contributed by atoms with Gasteiger partial charge in [0.15, 0.2) is 0 Å². The van der Waals surface area contributed by atoms with Crippen molar-refractivity contribution < 1.29 is 14.7 Å². The Morgan fingerprint density at radius 1 is 1.55 bits per heavy atom. The summed E-state index contributed by atoms with van der Waals surface area (Å²) in [6, 6.07) is -0.771. The maximum absolute atomic E-state index is 11.4. The molecule has 0 aliphatic carbocycles. The lowest BCUT2D eigenvalue weighted by molar-refractivity contribution is -0.138. The number of rotatable bonds is 7. The minimum absolute atomic E-state index is 0.346. The minimum Gasteiger partial charge on any atom is -0.480 e. The van der Waals surface area contributed by atoms with Gasteiger partial charge in [-0.2, -0.15) is 11.8 Å². The lowest BCUT2D eigenvalue weighted by Crippen LogP contribution is -2.44. The number of thioether (sulfide) groups is 1. The van der Waals surface area contributed by atoms with Crippen molar-refractivity contribution in [2.45, 2.75) is 18.7 Å². The summed E-state index contributed by atoms with van der Waals surface area (Å²) < 4.78 is 0. The number of amides is 1. The molecule has 0 aromatic carbocycles. The summed E-state index contributed by atoms with van der Waals surface area (Å²) in [7, 11) is 0. The van der Waals surface area contributed by atoms with Crippen molar-refractivity contribution in [2.24, 2.45) is 5.73 Å². The molecule has 1 aromatic rings. The molecule has 0 bridgehead atoms. The van der Waals surface area contributed by atoms with Gasteiger partial charge >= 0.3 is 5.97 Å². The van der Waals surface area contributed by atoms with Gasteiger partial charge < -0.3 is 21.9 Å². The molecule has 1 rings (SSSR count). The standard InChI is InChI=1S/C11H17N5O3S/c1-6-14-2-7(10(13)16-6)4-20-5-8(12)11(19)15-3-9(17)18/h2,8H,3-5,12H2,1H3,(H,15,19)(H,17,18)(H2,13,14,16)/t8-/m0/s1. The normalized spacial score (nSPS) is 11.9.